The molecular weight excluding hydrogens is 224 g/mol. The molecule has 0 unspecified atom stereocenters. The van der Waals surface area contributed by atoms with Gasteiger partial charge in [-0.25, -0.2) is 4.79 Å². The van der Waals surface area contributed by atoms with Gasteiger partial charge < -0.3 is 19.2 Å². The maximum atomic E-state index is 11.3. The van der Waals surface area contributed by atoms with Crippen LogP contribution in [0.1, 0.15) is 31.3 Å². The van der Waals surface area contributed by atoms with E-state index in [0.717, 1.165) is 0 Å². The van der Waals surface area contributed by atoms with Gasteiger partial charge in [-0.1, -0.05) is 13.8 Å². The third-order valence-corrected chi connectivity index (χ3v) is 1.85. The van der Waals surface area contributed by atoms with E-state index < -0.39 is 5.97 Å². The highest BCUT2D eigenvalue weighted by Gasteiger charge is 2.13. The number of oxazole rings is 1. The van der Waals surface area contributed by atoms with Gasteiger partial charge in [0.05, 0.1) is 6.61 Å². The minimum Gasteiger partial charge on any atom is -0.461 e. The molecule has 0 atom stereocenters. The Hall–Kier alpha value is -1.56. The van der Waals surface area contributed by atoms with Crippen LogP contribution < -0.4 is 10.1 Å². The molecule has 6 heteroatoms. The van der Waals surface area contributed by atoms with Gasteiger partial charge in [0.15, 0.2) is 5.69 Å². The fourth-order valence-corrected chi connectivity index (χ4v) is 1.11. The zero-order valence-corrected chi connectivity index (χ0v) is 10.4. The summed E-state index contributed by atoms with van der Waals surface area (Å²) in [7, 11) is 0. The van der Waals surface area contributed by atoms with Gasteiger partial charge in [0, 0.05) is 12.6 Å². The third kappa shape index (κ3) is 4.86. The Morgan fingerprint density at radius 2 is 2.35 bits per heavy atom. The fourth-order valence-electron chi connectivity index (χ4n) is 1.11. The van der Waals surface area contributed by atoms with E-state index >= 15 is 0 Å². The molecule has 1 N–H and O–H groups in total. The summed E-state index contributed by atoms with van der Waals surface area (Å²) in [6, 6.07) is 0.401. The van der Waals surface area contributed by atoms with Crippen LogP contribution >= 0.6 is 0 Å². The summed E-state index contributed by atoms with van der Waals surface area (Å²) in [4.78, 5) is 15.1. The van der Waals surface area contributed by atoms with Crippen LogP contribution in [0, 0.1) is 0 Å². The number of esters is 1. The lowest BCUT2D eigenvalue weighted by molar-refractivity contribution is 0.0519. The predicted molar refractivity (Wildman–Crippen MR) is 61.1 cm³/mol. The van der Waals surface area contributed by atoms with Crippen molar-refractivity contribution in [3.63, 3.8) is 0 Å². The molecule has 0 bridgehead atoms. The van der Waals surface area contributed by atoms with Crippen molar-refractivity contribution in [3.05, 3.63) is 12.0 Å². The van der Waals surface area contributed by atoms with Crippen LogP contribution in [0.25, 0.3) is 0 Å². The Labute approximate surface area is 100 Å². The number of hydrogen-bond acceptors (Lipinski definition) is 6. The maximum Gasteiger partial charge on any atom is 0.394 e. The molecule has 1 rings (SSSR count). The van der Waals surface area contributed by atoms with Crippen LogP contribution in [0.4, 0.5) is 0 Å². The first-order valence-electron chi connectivity index (χ1n) is 5.62. The highest BCUT2D eigenvalue weighted by atomic mass is 16.6. The lowest BCUT2D eigenvalue weighted by Crippen LogP contribution is -2.27. The maximum absolute atomic E-state index is 11.3. The van der Waals surface area contributed by atoms with Gasteiger partial charge >= 0.3 is 12.0 Å². The quantitative estimate of drug-likeness (QED) is 0.572. The fraction of sp³-hybridized carbons (Fsp3) is 0.636. The second kappa shape index (κ2) is 6.90. The Bertz CT molecular complexity index is 349. The van der Waals surface area contributed by atoms with Crippen LogP contribution in [0.15, 0.2) is 10.7 Å². The lowest BCUT2D eigenvalue weighted by atomic mass is 10.4. The zero-order valence-electron chi connectivity index (χ0n) is 10.4. The van der Waals surface area contributed by atoms with Gasteiger partial charge in [-0.05, 0) is 6.92 Å². The van der Waals surface area contributed by atoms with E-state index in [9.17, 15) is 4.79 Å². The summed E-state index contributed by atoms with van der Waals surface area (Å²) in [5, 5.41) is 3.18. The molecule has 0 saturated heterocycles. The number of aromatic nitrogens is 1. The second-order valence-electron chi connectivity index (χ2n) is 3.68. The van der Waals surface area contributed by atoms with Gasteiger partial charge in [0.25, 0.3) is 0 Å². The largest absolute Gasteiger partial charge is 0.461 e. The van der Waals surface area contributed by atoms with Gasteiger partial charge in [0.2, 0.25) is 0 Å². The molecule has 96 valence electrons. The molecule has 1 aromatic heterocycles. The number of carbonyl (C=O) groups is 1. The number of nitrogens with zero attached hydrogens (tertiary/aromatic N) is 1. The minimum absolute atomic E-state index is 0.0820. The topological polar surface area (TPSA) is 73.6 Å². The Balaban J connectivity index is 2.33. The highest BCUT2D eigenvalue weighted by Crippen LogP contribution is 2.10. The zero-order chi connectivity index (χ0) is 12.7. The molecule has 0 aliphatic carbocycles. The molecule has 0 fully saturated rings. The summed E-state index contributed by atoms with van der Waals surface area (Å²) in [5.41, 5.74) is 0.124. The molecule has 0 aliphatic rings. The SMILES string of the molecule is CCOC(=O)c1coc(OCCNC(C)C)n1. The van der Waals surface area contributed by atoms with E-state index in [2.05, 4.69) is 10.3 Å². The lowest BCUT2D eigenvalue weighted by Gasteiger charge is -2.06. The number of hydrogen-bond donors (Lipinski definition) is 1. The Kier molecular flexibility index (Phi) is 5.48. The van der Waals surface area contributed by atoms with Crippen LogP contribution in [0.2, 0.25) is 0 Å². The standard InChI is InChI=1S/C11H18N2O4/c1-4-15-10(14)9-7-17-11(13-9)16-6-5-12-8(2)3/h7-8,12H,4-6H2,1-3H3. The predicted octanol–water partition coefficient (Wildman–Crippen LogP) is 1.23. The van der Waals surface area contributed by atoms with Crippen molar-refractivity contribution in [3.8, 4) is 6.08 Å². The molecule has 0 spiro atoms. The first-order chi connectivity index (χ1) is 8.13. The van der Waals surface area contributed by atoms with Crippen LogP contribution in [0.3, 0.4) is 0 Å². The van der Waals surface area contributed by atoms with Crippen LogP contribution in [-0.4, -0.2) is 36.8 Å². The van der Waals surface area contributed by atoms with Crippen molar-refractivity contribution < 1.29 is 18.7 Å². The number of ether oxygens (including phenoxy) is 2. The highest BCUT2D eigenvalue weighted by molar-refractivity contribution is 5.86. The molecule has 0 aromatic carbocycles. The van der Waals surface area contributed by atoms with E-state index in [1.54, 1.807) is 6.92 Å². The Morgan fingerprint density at radius 1 is 1.59 bits per heavy atom. The van der Waals surface area contributed by atoms with Crippen molar-refractivity contribution in [2.45, 2.75) is 26.8 Å². The van der Waals surface area contributed by atoms with E-state index in [0.29, 0.717) is 25.8 Å². The smallest absolute Gasteiger partial charge is 0.394 e. The van der Waals surface area contributed by atoms with Crippen LogP contribution in [-0.2, 0) is 4.74 Å². The van der Waals surface area contributed by atoms with Gasteiger partial charge in [-0.2, -0.15) is 4.98 Å². The minimum atomic E-state index is -0.508. The number of carbonyl (C=O) groups excluding carboxylic acids is 1. The number of rotatable bonds is 7. The van der Waals surface area contributed by atoms with E-state index in [1.165, 1.54) is 6.26 Å². The first-order valence-corrected chi connectivity index (χ1v) is 5.62. The molecule has 0 aliphatic heterocycles. The van der Waals surface area contributed by atoms with Gasteiger partial charge in [-0.15, -0.1) is 0 Å². The summed E-state index contributed by atoms with van der Waals surface area (Å²) in [6.45, 7) is 7.25. The van der Waals surface area contributed by atoms with Crippen molar-refractivity contribution >= 4 is 5.97 Å². The molecule has 0 saturated carbocycles. The van der Waals surface area contributed by atoms with Crippen molar-refractivity contribution in [1.29, 1.82) is 0 Å². The monoisotopic (exact) mass is 242 g/mol. The van der Waals surface area contributed by atoms with Crippen molar-refractivity contribution in [1.82, 2.24) is 10.3 Å². The third-order valence-electron chi connectivity index (χ3n) is 1.85. The summed E-state index contributed by atoms with van der Waals surface area (Å²) in [5.74, 6) is -0.508. The van der Waals surface area contributed by atoms with Crippen LogP contribution in [0.5, 0.6) is 6.08 Å². The molecule has 0 amide bonds. The summed E-state index contributed by atoms with van der Waals surface area (Å²) in [6.07, 6.45) is 1.31. The Morgan fingerprint density at radius 3 is 3.00 bits per heavy atom. The molecule has 1 heterocycles. The van der Waals surface area contributed by atoms with E-state index in [-0.39, 0.29) is 11.8 Å². The molecule has 17 heavy (non-hydrogen) atoms. The summed E-state index contributed by atoms with van der Waals surface area (Å²) < 4.78 is 15.0. The van der Waals surface area contributed by atoms with Crippen molar-refractivity contribution in [2.75, 3.05) is 19.8 Å². The molecule has 1 aromatic rings. The molecular formula is C11H18N2O4. The first kappa shape index (κ1) is 13.5. The molecule has 6 nitrogen and oxygen atoms in total. The summed E-state index contributed by atoms with van der Waals surface area (Å²) >= 11 is 0. The average Bonchev–Trinajstić information content (AvgIpc) is 2.73. The van der Waals surface area contributed by atoms with Gasteiger partial charge in [0.1, 0.15) is 12.9 Å². The number of nitrogens with one attached hydrogen (secondary N) is 1. The van der Waals surface area contributed by atoms with E-state index in [1.807, 2.05) is 13.8 Å². The molecule has 0 radical (unpaired) electrons. The average molecular weight is 242 g/mol. The van der Waals surface area contributed by atoms with E-state index in [4.69, 9.17) is 13.9 Å². The van der Waals surface area contributed by atoms with Gasteiger partial charge in [-0.3, -0.25) is 0 Å². The van der Waals surface area contributed by atoms with Crippen molar-refractivity contribution in [2.24, 2.45) is 0 Å². The second-order valence-corrected chi connectivity index (χ2v) is 3.68. The normalized spacial score (nSPS) is 10.6.